The first-order valence-corrected chi connectivity index (χ1v) is 22.7. The third-order valence-corrected chi connectivity index (χ3v) is 14.6. The highest BCUT2D eigenvalue weighted by Crippen LogP contribution is 2.67. The number of carbonyl (C=O) groups is 2. The van der Waals surface area contributed by atoms with Gasteiger partial charge in [-0.3, -0.25) is 9.59 Å². The van der Waals surface area contributed by atoms with Gasteiger partial charge >= 0.3 is 0 Å². The van der Waals surface area contributed by atoms with E-state index in [-0.39, 0.29) is 34.8 Å². The Morgan fingerprint density at radius 3 is 1.10 bits per heavy atom. The van der Waals surface area contributed by atoms with Crippen molar-refractivity contribution < 1.29 is 30.0 Å². The van der Waals surface area contributed by atoms with Crippen molar-refractivity contribution in [1.82, 2.24) is 0 Å². The van der Waals surface area contributed by atoms with E-state index in [1.165, 1.54) is 23.3 Å². The van der Waals surface area contributed by atoms with Crippen LogP contribution in [-0.2, 0) is 0 Å². The standard InChI is InChI=1S/C62H40O6/c1-31-15-35(23-39(65)17-31)55-43-7-3-4-8-44(43)56(37-19-33(29-63)21-41(67)25-37)54-28-52-48-11-13-49-60-50(14-12-47(59(48)60)51(52)27-53(54)55)62-58(38-20-34(30-64)22-42(68)26-38)46-10-6-5-9-45(46)57(61(49)62)36-16-32(2)18-40(66)24-36/h3-30,59-60,65-68H,1-2H3. The molecule has 0 amide bonds. The van der Waals surface area contributed by atoms with Crippen LogP contribution in [0.4, 0.5) is 0 Å². The van der Waals surface area contributed by atoms with Gasteiger partial charge in [-0.2, -0.15) is 0 Å². The fraction of sp³-hybridized carbons (Fsp3) is 0.0645. The molecule has 6 nitrogen and oxygen atoms in total. The minimum atomic E-state index is -0.0935. The van der Waals surface area contributed by atoms with Crippen molar-refractivity contribution in [3.8, 4) is 67.5 Å². The molecule has 0 heterocycles. The summed E-state index contributed by atoms with van der Waals surface area (Å²) < 4.78 is 0. The lowest BCUT2D eigenvalue weighted by Crippen LogP contribution is -2.17. The molecule has 4 aliphatic rings. The number of fused-ring (bicyclic) bond motifs is 9. The summed E-state index contributed by atoms with van der Waals surface area (Å²) in [7, 11) is 0. The summed E-state index contributed by atoms with van der Waals surface area (Å²) in [5.41, 5.74) is 18.6. The smallest absolute Gasteiger partial charge is 0.150 e. The molecule has 4 aliphatic carbocycles. The number of aryl methyl sites for hydroxylation is 2. The first kappa shape index (κ1) is 39.6. The van der Waals surface area contributed by atoms with Crippen molar-refractivity contribution in [2.45, 2.75) is 13.8 Å². The van der Waals surface area contributed by atoms with E-state index in [2.05, 4.69) is 72.8 Å². The molecule has 0 fully saturated rings. The van der Waals surface area contributed by atoms with Crippen LogP contribution in [0.5, 0.6) is 23.0 Å². The molecule has 0 bridgehead atoms. The van der Waals surface area contributed by atoms with E-state index >= 15 is 0 Å². The van der Waals surface area contributed by atoms with Crippen molar-refractivity contribution in [2.75, 3.05) is 0 Å². The normalized spacial score (nSPS) is 16.2. The van der Waals surface area contributed by atoms with Crippen molar-refractivity contribution in [1.29, 1.82) is 0 Å². The van der Waals surface area contributed by atoms with Gasteiger partial charge in [0.2, 0.25) is 0 Å². The van der Waals surface area contributed by atoms with Crippen LogP contribution in [0.15, 0.2) is 158 Å². The third kappa shape index (κ3) is 5.64. The summed E-state index contributed by atoms with van der Waals surface area (Å²) in [6.07, 6.45) is 10.6. The highest BCUT2D eigenvalue weighted by molar-refractivity contribution is 6.25. The van der Waals surface area contributed by atoms with E-state index < -0.39 is 0 Å². The monoisotopic (exact) mass is 880 g/mol. The Bertz CT molecular complexity index is 3930. The molecule has 0 radical (unpaired) electrons. The minimum Gasteiger partial charge on any atom is -0.508 e. The largest absolute Gasteiger partial charge is 0.508 e. The van der Waals surface area contributed by atoms with Crippen molar-refractivity contribution in [2.24, 2.45) is 11.8 Å². The zero-order valence-corrected chi connectivity index (χ0v) is 36.9. The molecule has 0 spiro atoms. The van der Waals surface area contributed by atoms with Crippen LogP contribution in [-0.4, -0.2) is 33.0 Å². The van der Waals surface area contributed by atoms with Crippen LogP contribution >= 0.6 is 0 Å². The van der Waals surface area contributed by atoms with Gasteiger partial charge in [0.1, 0.15) is 35.6 Å². The van der Waals surface area contributed by atoms with Crippen LogP contribution in [0.3, 0.4) is 0 Å². The molecular weight excluding hydrogens is 841 g/mol. The van der Waals surface area contributed by atoms with Crippen LogP contribution in [0, 0.1) is 25.7 Å². The first-order valence-electron chi connectivity index (χ1n) is 22.7. The Morgan fingerprint density at radius 2 is 0.691 bits per heavy atom. The number of phenolic OH excluding ortho intramolecular Hbond substituents is 4. The fourth-order valence-corrected chi connectivity index (χ4v) is 12.3. The summed E-state index contributed by atoms with van der Waals surface area (Å²) in [5.74, 6) is 0.207. The number of carbonyl (C=O) groups excluding carboxylic acids is 2. The van der Waals surface area contributed by atoms with Gasteiger partial charge in [-0.05, 0) is 219 Å². The SMILES string of the molecule is Cc1cc(O)cc(-c2c3c(c(-c4cc(O)cc(C=O)c4)c4ccccc24)C2=CC=C4c5cc6c(-c7cc(C)cc(O)c7)c7ccccc7c(-c7cc(O)cc(C=O)c7)c6cc5C5=CC=C3C2C45)c1. The van der Waals surface area contributed by atoms with Gasteiger partial charge < -0.3 is 20.4 Å². The molecule has 9 aromatic carbocycles. The predicted molar refractivity (Wildman–Crippen MR) is 273 cm³/mol. The van der Waals surface area contributed by atoms with Gasteiger partial charge in [0.05, 0.1) is 0 Å². The van der Waals surface area contributed by atoms with Gasteiger partial charge in [-0.1, -0.05) is 85.0 Å². The van der Waals surface area contributed by atoms with Crippen molar-refractivity contribution in [3.63, 3.8) is 0 Å². The minimum absolute atomic E-state index is 0.000665. The number of phenols is 4. The Hall–Kier alpha value is -8.74. The maximum atomic E-state index is 12.3. The molecule has 324 valence electrons. The Kier molecular flexibility index (Phi) is 8.38. The number of hydrogen-bond acceptors (Lipinski definition) is 6. The molecule has 0 aliphatic heterocycles. The number of allylic oxidation sites excluding steroid dienone is 8. The zero-order chi connectivity index (χ0) is 46.3. The second-order valence-electron chi connectivity index (χ2n) is 18.7. The summed E-state index contributed by atoms with van der Waals surface area (Å²) in [4.78, 5) is 24.6. The lowest BCUT2D eigenvalue weighted by atomic mass is 9.72. The molecule has 6 heteroatoms. The highest BCUT2D eigenvalue weighted by atomic mass is 16.3. The van der Waals surface area contributed by atoms with Gasteiger partial charge in [0, 0.05) is 23.0 Å². The molecule has 9 aromatic rings. The molecule has 0 aromatic heterocycles. The fourth-order valence-electron chi connectivity index (χ4n) is 12.3. The topological polar surface area (TPSA) is 115 Å². The van der Waals surface area contributed by atoms with Crippen LogP contribution in [0.25, 0.3) is 99.1 Å². The second-order valence-corrected chi connectivity index (χ2v) is 18.7. The molecule has 0 saturated heterocycles. The van der Waals surface area contributed by atoms with E-state index in [1.807, 2.05) is 62.4 Å². The van der Waals surface area contributed by atoms with Crippen molar-refractivity contribution in [3.05, 3.63) is 202 Å². The Balaban J connectivity index is 1.13. The van der Waals surface area contributed by atoms with Gasteiger partial charge in [0.25, 0.3) is 0 Å². The lowest BCUT2D eigenvalue weighted by Gasteiger charge is -2.31. The zero-order valence-electron chi connectivity index (χ0n) is 36.9. The molecule has 0 saturated carbocycles. The number of aldehydes is 2. The molecule has 68 heavy (non-hydrogen) atoms. The predicted octanol–water partition coefficient (Wildman–Crippen LogP) is 14.4. The lowest BCUT2D eigenvalue weighted by molar-refractivity contribution is 0.111. The average Bonchev–Trinajstić information content (AvgIpc) is 3.82. The van der Waals surface area contributed by atoms with Gasteiger partial charge in [-0.15, -0.1) is 0 Å². The van der Waals surface area contributed by atoms with E-state index in [4.69, 9.17) is 0 Å². The quantitative estimate of drug-likeness (QED) is 0.0977. The molecule has 13 rings (SSSR count). The Morgan fingerprint density at radius 1 is 0.353 bits per heavy atom. The van der Waals surface area contributed by atoms with Gasteiger partial charge in [0.15, 0.2) is 0 Å². The number of hydrogen-bond donors (Lipinski definition) is 4. The average molecular weight is 881 g/mol. The highest BCUT2D eigenvalue weighted by Gasteiger charge is 2.49. The van der Waals surface area contributed by atoms with E-state index in [0.29, 0.717) is 11.1 Å². The molecule has 2 unspecified atom stereocenters. The number of benzene rings is 9. The van der Waals surface area contributed by atoms with E-state index in [0.717, 1.165) is 134 Å². The summed E-state index contributed by atoms with van der Waals surface area (Å²) in [6.45, 7) is 3.97. The molecular formula is C62H40O6. The van der Waals surface area contributed by atoms with E-state index in [1.54, 1.807) is 24.3 Å². The van der Waals surface area contributed by atoms with Gasteiger partial charge in [-0.25, -0.2) is 0 Å². The maximum Gasteiger partial charge on any atom is 0.150 e. The van der Waals surface area contributed by atoms with Crippen LogP contribution in [0.2, 0.25) is 0 Å². The number of aromatic hydroxyl groups is 4. The third-order valence-electron chi connectivity index (χ3n) is 14.6. The number of rotatable bonds is 6. The summed E-state index contributed by atoms with van der Waals surface area (Å²) >= 11 is 0. The van der Waals surface area contributed by atoms with Crippen LogP contribution < -0.4 is 0 Å². The first-order chi connectivity index (χ1) is 33.1. The van der Waals surface area contributed by atoms with E-state index in [9.17, 15) is 30.0 Å². The molecule has 2 atom stereocenters. The summed E-state index contributed by atoms with van der Waals surface area (Å²) in [5, 5.41) is 50.1. The second kappa shape index (κ2) is 14.4. The Labute approximate surface area is 391 Å². The van der Waals surface area contributed by atoms with Crippen LogP contribution in [0.1, 0.15) is 54.1 Å². The summed E-state index contributed by atoms with van der Waals surface area (Å²) in [6, 6.07) is 42.6. The van der Waals surface area contributed by atoms with Crippen molar-refractivity contribution >= 4 is 67.2 Å². The molecule has 4 N–H and O–H groups in total. The maximum absolute atomic E-state index is 12.3.